The van der Waals surface area contributed by atoms with Gasteiger partial charge in [0.2, 0.25) is 0 Å². The van der Waals surface area contributed by atoms with Crippen molar-refractivity contribution in [3.8, 4) is 0 Å². The van der Waals surface area contributed by atoms with Crippen molar-refractivity contribution < 1.29 is 19.6 Å². The molecule has 2 rings (SSSR count). The molecule has 1 aliphatic rings. The first-order chi connectivity index (χ1) is 11.2. The number of halogens is 1. The van der Waals surface area contributed by atoms with Gasteiger partial charge in [-0.2, -0.15) is 0 Å². The van der Waals surface area contributed by atoms with E-state index in [4.69, 9.17) is 0 Å². The number of nitrogens with one attached hydrogen (secondary N) is 1. The zero-order valence-corrected chi connectivity index (χ0v) is 14.9. The molecular weight excluding hydrogens is 350 g/mol. The van der Waals surface area contributed by atoms with E-state index >= 15 is 0 Å². The van der Waals surface area contributed by atoms with E-state index < -0.39 is 16.6 Å². The number of amides is 1. The summed E-state index contributed by atoms with van der Waals surface area (Å²) < 4.78 is 0. The van der Waals surface area contributed by atoms with Gasteiger partial charge in [-0.25, -0.2) is 4.79 Å². The average molecular weight is 372 g/mol. The molecule has 9 heteroatoms. The van der Waals surface area contributed by atoms with Crippen LogP contribution in [-0.4, -0.2) is 45.9 Å². The number of benzene rings is 1. The highest BCUT2D eigenvalue weighted by atomic mass is 35.5. The van der Waals surface area contributed by atoms with Crippen molar-refractivity contribution >= 4 is 30.0 Å². The Morgan fingerprint density at radius 2 is 1.96 bits per heavy atom. The minimum atomic E-state index is -1.20. The first kappa shape index (κ1) is 20.9. The molecule has 0 aromatic heterocycles. The number of nitrogens with zero attached hydrogens (tertiary/aromatic N) is 2. The van der Waals surface area contributed by atoms with E-state index in [0.717, 1.165) is 17.9 Å². The standard InChI is InChI=1S/C16H21N3O5.ClH/c1-16(2,11-5-7-12(8-6-11)19(23)24)18(15(21)22)10-14(20)13-4-3-9-17-13;/h5-8,13,17H,3-4,9-10H2,1-2H3,(H,21,22);1H/t13-;/m0./s1. The van der Waals surface area contributed by atoms with Crippen molar-refractivity contribution in [3.05, 3.63) is 39.9 Å². The van der Waals surface area contributed by atoms with Gasteiger partial charge in [-0.1, -0.05) is 0 Å². The summed E-state index contributed by atoms with van der Waals surface area (Å²) >= 11 is 0. The quantitative estimate of drug-likeness (QED) is 0.587. The molecular formula is C16H22ClN3O5. The summed E-state index contributed by atoms with van der Waals surface area (Å²) in [5, 5.41) is 23.4. The molecule has 1 aromatic carbocycles. The fourth-order valence-electron chi connectivity index (χ4n) is 2.88. The topological polar surface area (TPSA) is 113 Å². The Hall–Kier alpha value is -2.19. The van der Waals surface area contributed by atoms with Gasteiger partial charge in [-0.3, -0.25) is 19.8 Å². The number of nitro benzene ring substituents is 1. The van der Waals surface area contributed by atoms with E-state index in [1.807, 2.05) is 0 Å². The van der Waals surface area contributed by atoms with Crippen LogP contribution in [0.4, 0.5) is 10.5 Å². The molecule has 1 atom stereocenters. The average Bonchev–Trinajstić information content (AvgIpc) is 3.06. The number of rotatable bonds is 6. The number of carboxylic acid groups (broad SMARTS) is 1. The molecule has 0 spiro atoms. The number of ketones is 1. The largest absolute Gasteiger partial charge is 0.465 e. The zero-order chi connectivity index (χ0) is 17.9. The minimum absolute atomic E-state index is 0. The predicted molar refractivity (Wildman–Crippen MR) is 94.1 cm³/mol. The van der Waals surface area contributed by atoms with Gasteiger partial charge in [0, 0.05) is 12.1 Å². The van der Waals surface area contributed by atoms with E-state index in [0.29, 0.717) is 12.0 Å². The second-order valence-corrected chi connectivity index (χ2v) is 6.35. The number of non-ortho nitro benzene ring substituents is 1. The van der Waals surface area contributed by atoms with E-state index in [2.05, 4.69) is 5.32 Å². The molecule has 138 valence electrons. The lowest BCUT2D eigenvalue weighted by Crippen LogP contribution is -2.50. The van der Waals surface area contributed by atoms with Gasteiger partial charge >= 0.3 is 6.09 Å². The first-order valence-corrected chi connectivity index (χ1v) is 7.75. The highest BCUT2D eigenvalue weighted by Crippen LogP contribution is 2.29. The summed E-state index contributed by atoms with van der Waals surface area (Å²) in [5.41, 5.74) is -0.472. The number of carbonyl (C=O) groups is 2. The lowest BCUT2D eigenvalue weighted by atomic mass is 9.91. The lowest BCUT2D eigenvalue weighted by Gasteiger charge is -2.37. The van der Waals surface area contributed by atoms with Crippen LogP contribution >= 0.6 is 12.4 Å². The molecule has 25 heavy (non-hydrogen) atoms. The Morgan fingerprint density at radius 3 is 2.40 bits per heavy atom. The van der Waals surface area contributed by atoms with Crippen LogP contribution in [0.25, 0.3) is 0 Å². The number of nitro groups is 1. The Balaban J connectivity index is 0.00000312. The van der Waals surface area contributed by atoms with Crippen LogP contribution in [0.5, 0.6) is 0 Å². The van der Waals surface area contributed by atoms with Gasteiger partial charge in [0.15, 0.2) is 5.78 Å². The van der Waals surface area contributed by atoms with Gasteiger partial charge in [0.25, 0.3) is 5.69 Å². The molecule has 1 heterocycles. The minimum Gasteiger partial charge on any atom is -0.465 e. The van der Waals surface area contributed by atoms with Crippen LogP contribution in [0, 0.1) is 10.1 Å². The molecule has 0 unspecified atom stereocenters. The van der Waals surface area contributed by atoms with Crippen LogP contribution in [0.2, 0.25) is 0 Å². The molecule has 1 fully saturated rings. The van der Waals surface area contributed by atoms with E-state index in [-0.39, 0.29) is 36.5 Å². The predicted octanol–water partition coefficient (Wildman–Crippen LogP) is 2.55. The number of Topliss-reactive ketones (excluding diaryl/α,β-unsaturated/α-hetero) is 1. The summed E-state index contributed by atoms with van der Waals surface area (Å²) in [6.07, 6.45) is 0.407. The molecule has 1 saturated heterocycles. The lowest BCUT2D eigenvalue weighted by molar-refractivity contribution is -0.384. The highest BCUT2D eigenvalue weighted by molar-refractivity contribution is 5.88. The fraction of sp³-hybridized carbons (Fsp3) is 0.500. The van der Waals surface area contributed by atoms with Crippen LogP contribution in [0.3, 0.4) is 0 Å². The number of hydrogen-bond donors (Lipinski definition) is 2. The Bertz CT molecular complexity index is 642. The van der Waals surface area contributed by atoms with E-state index in [9.17, 15) is 24.8 Å². The molecule has 0 radical (unpaired) electrons. The summed E-state index contributed by atoms with van der Waals surface area (Å²) in [4.78, 5) is 35.3. The van der Waals surface area contributed by atoms with E-state index in [1.165, 1.54) is 24.3 Å². The van der Waals surface area contributed by atoms with Gasteiger partial charge in [0.1, 0.15) is 0 Å². The van der Waals surface area contributed by atoms with Gasteiger partial charge in [-0.15, -0.1) is 12.4 Å². The molecule has 0 bridgehead atoms. The summed E-state index contributed by atoms with van der Waals surface area (Å²) in [6.45, 7) is 3.89. The normalized spacial score (nSPS) is 16.8. The third-order valence-electron chi connectivity index (χ3n) is 4.45. The second kappa shape index (κ2) is 8.26. The summed E-state index contributed by atoms with van der Waals surface area (Å²) in [7, 11) is 0. The molecule has 8 nitrogen and oxygen atoms in total. The maximum atomic E-state index is 12.3. The van der Waals surface area contributed by atoms with Crippen molar-refractivity contribution in [1.29, 1.82) is 0 Å². The summed E-state index contributed by atoms with van der Waals surface area (Å²) in [5.74, 6) is -0.162. The molecule has 0 aliphatic carbocycles. The van der Waals surface area contributed by atoms with Crippen LogP contribution in [-0.2, 0) is 10.3 Å². The number of hydrogen-bond acceptors (Lipinski definition) is 5. The molecule has 1 aliphatic heterocycles. The van der Waals surface area contributed by atoms with Crippen molar-refractivity contribution in [2.24, 2.45) is 0 Å². The van der Waals surface area contributed by atoms with Crippen LogP contribution in [0.1, 0.15) is 32.3 Å². The molecule has 2 N–H and O–H groups in total. The first-order valence-electron chi connectivity index (χ1n) is 7.75. The Labute approximate surface area is 151 Å². The van der Waals surface area contributed by atoms with Crippen LogP contribution < -0.4 is 5.32 Å². The zero-order valence-electron chi connectivity index (χ0n) is 14.1. The van der Waals surface area contributed by atoms with Gasteiger partial charge in [-0.05, 0) is 50.9 Å². The van der Waals surface area contributed by atoms with Gasteiger partial charge < -0.3 is 10.4 Å². The highest BCUT2D eigenvalue weighted by Gasteiger charge is 2.36. The Kier molecular flexibility index (Phi) is 6.89. The number of carbonyl (C=O) groups excluding carboxylic acids is 1. The van der Waals surface area contributed by atoms with Gasteiger partial charge in [0.05, 0.1) is 23.0 Å². The van der Waals surface area contributed by atoms with Crippen molar-refractivity contribution in [1.82, 2.24) is 10.2 Å². The molecule has 1 amide bonds. The Morgan fingerprint density at radius 1 is 1.36 bits per heavy atom. The van der Waals surface area contributed by atoms with Crippen molar-refractivity contribution in [2.75, 3.05) is 13.1 Å². The molecule has 1 aromatic rings. The van der Waals surface area contributed by atoms with Crippen molar-refractivity contribution in [3.63, 3.8) is 0 Å². The fourth-order valence-corrected chi connectivity index (χ4v) is 2.88. The maximum absolute atomic E-state index is 12.3. The monoisotopic (exact) mass is 371 g/mol. The second-order valence-electron chi connectivity index (χ2n) is 6.35. The summed E-state index contributed by atoms with van der Waals surface area (Å²) in [6, 6.07) is 5.40. The maximum Gasteiger partial charge on any atom is 0.408 e. The van der Waals surface area contributed by atoms with Crippen molar-refractivity contribution in [2.45, 2.75) is 38.3 Å². The third kappa shape index (κ3) is 4.67. The van der Waals surface area contributed by atoms with Crippen LogP contribution in [0.15, 0.2) is 24.3 Å². The molecule has 0 saturated carbocycles. The SMILES string of the molecule is CC(C)(c1ccc([N+](=O)[O-])cc1)N(CC(=O)[C@@H]1CCCN1)C(=O)O.Cl. The third-order valence-corrected chi connectivity index (χ3v) is 4.45. The van der Waals surface area contributed by atoms with E-state index in [1.54, 1.807) is 13.8 Å². The smallest absolute Gasteiger partial charge is 0.408 e.